The van der Waals surface area contributed by atoms with Crippen LogP contribution in [0.25, 0.3) is 0 Å². The largest absolute Gasteiger partial charge is 0.505 e. The molecule has 88 valence electrons. The molecule has 0 aliphatic heterocycles. The molecule has 1 aromatic heterocycles. The quantitative estimate of drug-likeness (QED) is 0.627. The summed E-state index contributed by atoms with van der Waals surface area (Å²) >= 11 is 0. The van der Waals surface area contributed by atoms with Gasteiger partial charge in [0.25, 0.3) is 5.91 Å². The summed E-state index contributed by atoms with van der Waals surface area (Å²) in [7, 11) is 1.53. The second kappa shape index (κ2) is 6.04. The van der Waals surface area contributed by atoms with Crippen molar-refractivity contribution in [2.24, 2.45) is 5.73 Å². The molecule has 6 heteroatoms. The van der Waals surface area contributed by atoms with Crippen LogP contribution in [0.5, 0.6) is 5.75 Å². The Bertz CT molecular complexity index is 357. The number of nitrogens with zero attached hydrogens (tertiary/aromatic N) is 1. The Hall–Kier alpha value is -1.66. The summed E-state index contributed by atoms with van der Waals surface area (Å²) in [4.78, 5) is 15.4. The highest BCUT2D eigenvalue weighted by atomic mass is 16.5. The lowest BCUT2D eigenvalue weighted by molar-refractivity contribution is 0.0898. The summed E-state index contributed by atoms with van der Waals surface area (Å²) in [5.74, 6) is -0.555. The van der Waals surface area contributed by atoms with Crippen LogP contribution in [0.1, 0.15) is 10.4 Å². The van der Waals surface area contributed by atoms with Gasteiger partial charge in [-0.05, 0) is 6.07 Å². The summed E-state index contributed by atoms with van der Waals surface area (Å²) in [6, 6.07) is 1.16. The van der Waals surface area contributed by atoms with Crippen LogP contribution in [-0.4, -0.2) is 42.3 Å². The molecule has 1 aromatic rings. The highest BCUT2D eigenvalue weighted by Crippen LogP contribution is 2.13. The van der Waals surface area contributed by atoms with Gasteiger partial charge in [0.1, 0.15) is 5.75 Å². The normalized spacial score (nSPS) is 12.1. The smallest absolute Gasteiger partial charge is 0.255 e. The highest BCUT2D eigenvalue weighted by Gasteiger charge is 2.14. The van der Waals surface area contributed by atoms with Crippen molar-refractivity contribution in [2.75, 3.05) is 20.3 Å². The zero-order chi connectivity index (χ0) is 12.0. The SMILES string of the molecule is COCC(CN)NC(=O)c1ccncc1O. The number of pyridine rings is 1. The van der Waals surface area contributed by atoms with Gasteiger partial charge in [0.05, 0.1) is 24.4 Å². The van der Waals surface area contributed by atoms with Gasteiger partial charge in [-0.2, -0.15) is 0 Å². The van der Waals surface area contributed by atoms with Crippen LogP contribution in [0.4, 0.5) is 0 Å². The number of hydrogen-bond donors (Lipinski definition) is 3. The topological polar surface area (TPSA) is 97.5 Å². The van der Waals surface area contributed by atoms with E-state index in [-0.39, 0.29) is 23.9 Å². The van der Waals surface area contributed by atoms with E-state index in [4.69, 9.17) is 10.5 Å². The Morgan fingerprint density at radius 3 is 3.06 bits per heavy atom. The Kier molecular flexibility index (Phi) is 4.68. The predicted octanol–water partition coefficient (Wildman–Crippen LogP) is -0.509. The van der Waals surface area contributed by atoms with Crippen molar-refractivity contribution in [3.63, 3.8) is 0 Å². The van der Waals surface area contributed by atoms with Gasteiger partial charge < -0.3 is 20.9 Å². The first kappa shape index (κ1) is 12.4. The van der Waals surface area contributed by atoms with E-state index >= 15 is 0 Å². The van der Waals surface area contributed by atoms with Crippen LogP contribution in [0.15, 0.2) is 18.5 Å². The molecule has 6 nitrogen and oxygen atoms in total. The molecule has 0 saturated carbocycles. The number of ether oxygens (including phenoxy) is 1. The van der Waals surface area contributed by atoms with Gasteiger partial charge in [-0.25, -0.2) is 0 Å². The standard InChI is InChI=1S/C10H15N3O3/c1-16-6-7(4-11)13-10(15)8-2-3-12-5-9(8)14/h2-3,5,7,14H,4,6,11H2,1H3,(H,13,15). The van der Waals surface area contributed by atoms with Gasteiger partial charge in [-0.3, -0.25) is 9.78 Å². The fourth-order valence-corrected chi connectivity index (χ4v) is 1.21. The fraction of sp³-hybridized carbons (Fsp3) is 0.400. The lowest BCUT2D eigenvalue weighted by Gasteiger charge is -2.15. The first-order valence-electron chi connectivity index (χ1n) is 4.82. The molecule has 0 spiro atoms. The Morgan fingerprint density at radius 1 is 1.75 bits per heavy atom. The minimum absolute atomic E-state index is 0.159. The molecule has 0 aliphatic rings. The molecular formula is C10H15N3O3. The van der Waals surface area contributed by atoms with E-state index in [2.05, 4.69) is 10.3 Å². The second-order valence-corrected chi connectivity index (χ2v) is 3.25. The number of hydrogen-bond acceptors (Lipinski definition) is 5. The van der Waals surface area contributed by atoms with Crippen LogP contribution in [0.2, 0.25) is 0 Å². The summed E-state index contributed by atoms with van der Waals surface area (Å²) in [6.45, 7) is 0.597. The van der Waals surface area contributed by atoms with Crippen molar-refractivity contribution in [1.82, 2.24) is 10.3 Å². The number of carbonyl (C=O) groups is 1. The average molecular weight is 225 g/mol. The molecule has 1 unspecified atom stereocenters. The van der Waals surface area contributed by atoms with Gasteiger partial charge in [-0.15, -0.1) is 0 Å². The molecule has 1 atom stereocenters. The second-order valence-electron chi connectivity index (χ2n) is 3.25. The maximum absolute atomic E-state index is 11.7. The van der Waals surface area contributed by atoms with E-state index in [9.17, 15) is 9.90 Å². The molecule has 0 aromatic carbocycles. The van der Waals surface area contributed by atoms with Crippen molar-refractivity contribution in [3.8, 4) is 5.75 Å². The minimum atomic E-state index is -0.396. The summed E-state index contributed by atoms with van der Waals surface area (Å²) in [6.07, 6.45) is 2.64. The fourth-order valence-electron chi connectivity index (χ4n) is 1.21. The average Bonchev–Trinajstić information content (AvgIpc) is 2.28. The molecule has 1 rings (SSSR count). The molecule has 1 heterocycles. The first-order chi connectivity index (χ1) is 7.69. The number of amides is 1. The van der Waals surface area contributed by atoms with Gasteiger partial charge in [0.2, 0.25) is 0 Å². The number of aromatic nitrogens is 1. The monoisotopic (exact) mass is 225 g/mol. The van der Waals surface area contributed by atoms with Crippen molar-refractivity contribution in [3.05, 3.63) is 24.0 Å². The summed E-state index contributed by atoms with van der Waals surface area (Å²) in [5.41, 5.74) is 5.62. The number of nitrogens with one attached hydrogen (secondary N) is 1. The Labute approximate surface area is 93.4 Å². The van der Waals surface area contributed by atoms with Gasteiger partial charge in [0.15, 0.2) is 0 Å². The van der Waals surface area contributed by atoms with E-state index in [0.717, 1.165) is 0 Å². The molecule has 1 amide bonds. The molecule has 0 saturated heterocycles. The number of carbonyl (C=O) groups excluding carboxylic acids is 1. The Morgan fingerprint density at radius 2 is 2.50 bits per heavy atom. The Balaban J connectivity index is 2.68. The van der Waals surface area contributed by atoms with E-state index in [1.54, 1.807) is 0 Å². The van der Waals surface area contributed by atoms with Gasteiger partial charge >= 0.3 is 0 Å². The lowest BCUT2D eigenvalue weighted by atomic mass is 10.2. The van der Waals surface area contributed by atoms with E-state index < -0.39 is 5.91 Å². The van der Waals surface area contributed by atoms with Crippen LogP contribution in [-0.2, 0) is 4.74 Å². The number of aromatic hydroxyl groups is 1. The molecule has 4 N–H and O–H groups in total. The van der Waals surface area contributed by atoms with Gasteiger partial charge in [0, 0.05) is 19.9 Å². The number of methoxy groups -OCH3 is 1. The molecule has 0 bridgehead atoms. The van der Waals surface area contributed by atoms with Crippen molar-refractivity contribution in [2.45, 2.75) is 6.04 Å². The molecule has 0 radical (unpaired) electrons. The van der Waals surface area contributed by atoms with Crippen molar-refractivity contribution >= 4 is 5.91 Å². The van der Waals surface area contributed by atoms with Crippen LogP contribution >= 0.6 is 0 Å². The zero-order valence-corrected chi connectivity index (χ0v) is 9.01. The van der Waals surface area contributed by atoms with Crippen LogP contribution in [0.3, 0.4) is 0 Å². The summed E-state index contributed by atoms with van der Waals surface area (Å²) < 4.78 is 4.89. The maximum atomic E-state index is 11.7. The van der Waals surface area contributed by atoms with Crippen molar-refractivity contribution in [1.29, 1.82) is 0 Å². The number of nitrogens with two attached hydrogens (primary N) is 1. The van der Waals surface area contributed by atoms with Crippen LogP contribution < -0.4 is 11.1 Å². The van der Waals surface area contributed by atoms with Crippen LogP contribution in [0, 0.1) is 0 Å². The molecule has 0 aliphatic carbocycles. The highest BCUT2D eigenvalue weighted by molar-refractivity contribution is 5.96. The molecule has 0 fully saturated rings. The third kappa shape index (κ3) is 3.18. The third-order valence-electron chi connectivity index (χ3n) is 2.03. The summed E-state index contributed by atoms with van der Waals surface area (Å²) in [5, 5.41) is 12.1. The molecular weight excluding hydrogens is 210 g/mol. The van der Waals surface area contributed by atoms with E-state index in [1.807, 2.05) is 0 Å². The number of rotatable bonds is 5. The zero-order valence-electron chi connectivity index (χ0n) is 9.01. The van der Waals surface area contributed by atoms with E-state index in [1.165, 1.54) is 25.6 Å². The van der Waals surface area contributed by atoms with Gasteiger partial charge in [-0.1, -0.05) is 0 Å². The lowest BCUT2D eigenvalue weighted by Crippen LogP contribution is -2.43. The van der Waals surface area contributed by atoms with E-state index in [0.29, 0.717) is 6.61 Å². The minimum Gasteiger partial charge on any atom is -0.505 e. The predicted molar refractivity (Wildman–Crippen MR) is 58.1 cm³/mol. The third-order valence-corrected chi connectivity index (χ3v) is 2.03. The van der Waals surface area contributed by atoms with Crippen molar-refractivity contribution < 1.29 is 14.6 Å². The molecule has 16 heavy (non-hydrogen) atoms. The first-order valence-corrected chi connectivity index (χ1v) is 4.82. The maximum Gasteiger partial charge on any atom is 0.255 e.